The van der Waals surface area contributed by atoms with Gasteiger partial charge in [0, 0.05) is 36.2 Å². The predicted octanol–water partition coefficient (Wildman–Crippen LogP) is 4.65. The number of aromatic nitrogens is 2. The molecule has 0 fully saturated rings. The first kappa shape index (κ1) is 16.7. The normalized spacial score (nSPS) is 10.6. The molecule has 0 aliphatic heterocycles. The number of hydrogen-bond acceptors (Lipinski definition) is 4. The molecule has 0 aliphatic rings. The van der Waals surface area contributed by atoms with E-state index in [1.54, 1.807) is 18.5 Å². The quantitative estimate of drug-likeness (QED) is 0.579. The van der Waals surface area contributed by atoms with Gasteiger partial charge in [-0.05, 0) is 36.4 Å². The Morgan fingerprint density at radius 2 is 1.67 bits per heavy atom. The molecule has 2 aromatic heterocycles. The second kappa shape index (κ2) is 7.25. The Balaban J connectivity index is 1.61. The number of anilines is 3. The highest BCUT2D eigenvalue weighted by Crippen LogP contribution is 2.24. The molecule has 5 nitrogen and oxygen atoms in total. The minimum absolute atomic E-state index is 0.267. The average molecular weight is 354 g/mol. The van der Waals surface area contributed by atoms with Gasteiger partial charge >= 0.3 is 0 Å². The van der Waals surface area contributed by atoms with Crippen molar-refractivity contribution in [3.05, 3.63) is 90.9 Å². The van der Waals surface area contributed by atoms with E-state index in [1.165, 1.54) is 0 Å². The van der Waals surface area contributed by atoms with Gasteiger partial charge in [-0.3, -0.25) is 14.8 Å². The summed E-state index contributed by atoms with van der Waals surface area (Å²) in [5.41, 5.74) is 3.70. The number of para-hydroxylation sites is 2. The minimum Gasteiger partial charge on any atom is -0.345 e. The van der Waals surface area contributed by atoms with Crippen LogP contribution in [0.3, 0.4) is 0 Å². The molecule has 2 heterocycles. The van der Waals surface area contributed by atoms with Crippen LogP contribution < -0.4 is 10.2 Å². The fourth-order valence-electron chi connectivity index (χ4n) is 2.94. The van der Waals surface area contributed by atoms with Gasteiger partial charge in [0.1, 0.15) is 5.69 Å². The summed E-state index contributed by atoms with van der Waals surface area (Å²) in [6.07, 6.45) is 3.36. The topological polar surface area (TPSA) is 58.1 Å². The number of amides is 1. The van der Waals surface area contributed by atoms with Crippen molar-refractivity contribution in [2.75, 3.05) is 17.3 Å². The second-order valence-electron chi connectivity index (χ2n) is 6.13. The number of rotatable bonds is 4. The number of carbonyl (C=O) groups is 1. The third kappa shape index (κ3) is 3.48. The van der Waals surface area contributed by atoms with E-state index in [4.69, 9.17) is 0 Å². The number of fused-ring (bicyclic) bond motifs is 1. The standard InChI is InChI=1S/C22H18N4O/c1-26(17-9-3-2-4-10-17)18-12-14-23-20(15-18)22(27)25-19-11-5-7-16-8-6-13-24-21(16)19/h2-15H,1H3,(H,25,27). The largest absolute Gasteiger partial charge is 0.345 e. The van der Waals surface area contributed by atoms with Crippen molar-refractivity contribution in [3.8, 4) is 0 Å². The summed E-state index contributed by atoms with van der Waals surface area (Å²) in [6.45, 7) is 0. The Morgan fingerprint density at radius 1 is 0.852 bits per heavy atom. The smallest absolute Gasteiger partial charge is 0.274 e. The van der Waals surface area contributed by atoms with Crippen molar-refractivity contribution in [3.63, 3.8) is 0 Å². The molecule has 4 rings (SSSR count). The van der Waals surface area contributed by atoms with Crippen molar-refractivity contribution in [1.82, 2.24) is 9.97 Å². The van der Waals surface area contributed by atoms with E-state index in [0.29, 0.717) is 11.4 Å². The van der Waals surface area contributed by atoms with Crippen molar-refractivity contribution in [2.24, 2.45) is 0 Å². The molecule has 1 amide bonds. The van der Waals surface area contributed by atoms with Gasteiger partial charge in [0.2, 0.25) is 0 Å². The monoisotopic (exact) mass is 354 g/mol. The summed E-state index contributed by atoms with van der Waals surface area (Å²) >= 11 is 0. The molecule has 0 spiro atoms. The molecule has 132 valence electrons. The molecule has 4 aromatic rings. The SMILES string of the molecule is CN(c1ccccc1)c1ccnc(C(=O)Nc2cccc3cccnc23)c1. The summed E-state index contributed by atoms with van der Waals surface area (Å²) in [6, 6.07) is 23.2. The molecule has 0 saturated heterocycles. The van der Waals surface area contributed by atoms with Crippen LogP contribution in [0.4, 0.5) is 17.1 Å². The lowest BCUT2D eigenvalue weighted by Crippen LogP contribution is -2.16. The van der Waals surface area contributed by atoms with Gasteiger partial charge < -0.3 is 10.2 Å². The maximum Gasteiger partial charge on any atom is 0.274 e. The van der Waals surface area contributed by atoms with Crippen molar-refractivity contribution < 1.29 is 4.79 Å². The first-order valence-corrected chi connectivity index (χ1v) is 8.62. The summed E-state index contributed by atoms with van der Waals surface area (Å²) in [4.78, 5) is 23.4. The minimum atomic E-state index is -0.267. The van der Waals surface area contributed by atoms with Gasteiger partial charge in [0.25, 0.3) is 5.91 Å². The molecular formula is C22H18N4O. The van der Waals surface area contributed by atoms with Crippen LogP contribution in [0, 0.1) is 0 Å². The lowest BCUT2D eigenvalue weighted by Gasteiger charge is -2.19. The fourth-order valence-corrected chi connectivity index (χ4v) is 2.94. The van der Waals surface area contributed by atoms with E-state index >= 15 is 0 Å². The van der Waals surface area contributed by atoms with E-state index in [-0.39, 0.29) is 5.91 Å². The Bertz CT molecular complexity index is 1090. The van der Waals surface area contributed by atoms with Gasteiger partial charge in [0.15, 0.2) is 0 Å². The fraction of sp³-hybridized carbons (Fsp3) is 0.0455. The molecule has 0 radical (unpaired) electrons. The zero-order valence-corrected chi connectivity index (χ0v) is 14.8. The Morgan fingerprint density at radius 3 is 2.52 bits per heavy atom. The van der Waals surface area contributed by atoms with Crippen LogP contribution in [0.1, 0.15) is 10.5 Å². The maximum atomic E-state index is 12.7. The average Bonchev–Trinajstić information content (AvgIpc) is 2.74. The lowest BCUT2D eigenvalue weighted by molar-refractivity contribution is 0.102. The number of nitrogens with zero attached hydrogens (tertiary/aromatic N) is 3. The van der Waals surface area contributed by atoms with Crippen LogP contribution >= 0.6 is 0 Å². The van der Waals surface area contributed by atoms with Gasteiger partial charge in [-0.25, -0.2) is 0 Å². The van der Waals surface area contributed by atoms with Crippen LogP contribution in [0.5, 0.6) is 0 Å². The number of hydrogen-bond donors (Lipinski definition) is 1. The molecule has 0 atom stereocenters. The summed E-state index contributed by atoms with van der Waals surface area (Å²) in [5, 5.41) is 3.90. The van der Waals surface area contributed by atoms with Crippen LogP contribution in [0.25, 0.3) is 10.9 Å². The highest BCUT2D eigenvalue weighted by atomic mass is 16.1. The predicted molar refractivity (Wildman–Crippen MR) is 108 cm³/mol. The van der Waals surface area contributed by atoms with E-state index in [9.17, 15) is 4.79 Å². The summed E-state index contributed by atoms with van der Waals surface area (Å²) in [5.74, 6) is -0.267. The lowest BCUT2D eigenvalue weighted by atomic mass is 10.2. The number of pyridine rings is 2. The molecule has 0 unspecified atom stereocenters. The molecule has 0 saturated carbocycles. The van der Waals surface area contributed by atoms with E-state index in [2.05, 4.69) is 15.3 Å². The molecule has 0 bridgehead atoms. The van der Waals surface area contributed by atoms with Crippen molar-refractivity contribution in [1.29, 1.82) is 0 Å². The zero-order valence-electron chi connectivity index (χ0n) is 14.8. The van der Waals surface area contributed by atoms with Gasteiger partial charge in [-0.2, -0.15) is 0 Å². The van der Waals surface area contributed by atoms with Crippen LogP contribution in [-0.2, 0) is 0 Å². The number of benzene rings is 2. The Hall–Kier alpha value is -3.73. The highest BCUT2D eigenvalue weighted by molar-refractivity contribution is 6.07. The van der Waals surface area contributed by atoms with E-state index < -0.39 is 0 Å². The van der Waals surface area contributed by atoms with Gasteiger partial charge in [-0.1, -0.05) is 36.4 Å². The molecule has 27 heavy (non-hydrogen) atoms. The second-order valence-corrected chi connectivity index (χ2v) is 6.13. The van der Waals surface area contributed by atoms with Gasteiger partial charge in [-0.15, -0.1) is 0 Å². The molecule has 5 heteroatoms. The Labute approximate surface area is 157 Å². The molecule has 1 N–H and O–H groups in total. The van der Waals surface area contributed by atoms with E-state index in [0.717, 1.165) is 22.3 Å². The zero-order chi connectivity index (χ0) is 18.6. The molecule has 2 aromatic carbocycles. The van der Waals surface area contributed by atoms with Crippen LogP contribution in [0.15, 0.2) is 85.2 Å². The van der Waals surface area contributed by atoms with Crippen LogP contribution in [0.2, 0.25) is 0 Å². The number of carbonyl (C=O) groups excluding carboxylic acids is 1. The summed E-state index contributed by atoms with van der Waals surface area (Å²) < 4.78 is 0. The first-order valence-electron chi connectivity index (χ1n) is 8.62. The summed E-state index contributed by atoms with van der Waals surface area (Å²) in [7, 11) is 1.96. The highest BCUT2D eigenvalue weighted by Gasteiger charge is 2.12. The van der Waals surface area contributed by atoms with E-state index in [1.807, 2.05) is 78.7 Å². The molecular weight excluding hydrogens is 336 g/mol. The van der Waals surface area contributed by atoms with Crippen molar-refractivity contribution in [2.45, 2.75) is 0 Å². The van der Waals surface area contributed by atoms with Gasteiger partial charge in [0.05, 0.1) is 11.2 Å². The Kier molecular flexibility index (Phi) is 4.49. The van der Waals surface area contributed by atoms with Crippen molar-refractivity contribution >= 4 is 33.9 Å². The molecule has 0 aliphatic carbocycles. The first-order chi connectivity index (χ1) is 13.2. The third-order valence-corrected chi connectivity index (χ3v) is 4.39. The number of nitrogens with one attached hydrogen (secondary N) is 1. The third-order valence-electron chi connectivity index (χ3n) is 4.39. The van der Waals surface area contributed by atoms with Crippen LogP contribution in [-0.4, -0.2) is 22.9 Å². The maximum absolute atomic E-state index is 12.7.